The van der Waals surface area contributed by atoms with Gasteiger partial charge in [0.1, 0.15) is 11.3 Å². The molecule has 0 atom stereocenters. The fourth-order valence-corrected chi connectivity index (χ4v) is 3.53. The average Bonchev–Trinajstić information content (AvgIpc) is 3.30. The fraction of sp³-hybridized carbons (Fsp3) is 0.200. The minimum atomic E-state index is -1.35. The van der Waals surface area contributed by atoms with Gasteiger partial charge in [-0.3, -0.25) is 4.79 Å². The Labute approximate surface area is 195 Å². The van der Waals surface area contributed by atoms with E-state index in [1.54, 1.807) is 31.4 Å². The van der Waals surface area contributed by atoms with E-state index in [2.05, 4.69) is 0 Å². The molecule has 0 aromatic heterocycles. The molecule has 1 amide bonds. The SMILES string of the molecule is COc1cccc(CN(Cc2ccc3c(c2)OCO3)C(=O)COc2c(F)cccc2C(=O)O)c1. The molecule has 1 aliphatic heterocycles. The van der Waals surface area contributed by atoms with Crippen LogP contribution in [0.4, 0.5) is 4.39 Å². The van der Waals surface area contributed by atoms with Crippen molar-refractivity contribution in [3.63, 3.8) is 0 Å². The number of carboxylic acids is 1. The molecule has 0 bridgehead atoms. The van der Waals surface area contributed by atoms with Crippen LogP contribution in [-0.4, -0.2) is 42.4 Å². The van der Waals surface area contributed by atoms with E-state index in [4.69, 9.17) is 18.9 Å². The quantitative estimate of drug-likeness (QED) is 0.511. The first-order valence-corrected chi connectivity index (χ1v) is 10.4. The van der Waals surface area contributed by atoms with Gasteiger partial charge in [0.15, 0.2) is 29.7 Å². The van der Waals surface area contributed by atoms with Crippen molar-refractivity contribution in [1.29, 1.82) is 0 Å². The van der Waals surface area contributed by atoms with Gasteiger partial charge in [0.05, 0.1) is 7.11 Å². The number of fused-ring (bicyclic) bond motifs is 1. The van der Waals surface area contributed by atoms with Gasteiger partial charge in [-0.25, -0.2) is 9.18 Å². The molecule has 1 heterocycles. The molecule has 0 aliphatic carbocycles. The lowest BCUT2D eigenvalue weighted by molar-refractivity contribution is -0.134. The van der Waals surface area contributed by atoms with Gasteiger partial charge >= 0.3 is 5.97 Å². The standard InChI is InChI=1S/C25H22FNO7/c1-31-18-5-2-4-16(10-18)12-27(13-17-8-9-21-22(11-17)34-15-33-21)23(28)14-32-24-19(25(29)30)6-3-7-20(24)26/h2-11H,12-15H2,1H3,(H,29,30). The maximum atomic E-state index is 14.2. The minimum absolute atomic E-state index is 0.133. The van der Waals surface area contributed by atoms with Crippen molar-refractivity contribution >= 4 is 11.9 Å². The first-order chi connectivity index (χ1) is 16.4. The fourth-order valence-electron chi connectivity index (χ4n) is 3.53. The van der Waals surface area contributed by atoms with Crippen LogP contribution in [0.15, 0.2) is 60.7 Å². The number of amides is 1. The van der Waals surface area contributed by atoms with E-state index in [1.807, 2.05) is 18.2 Å². The number of methoxy groups -OCH3 is 1. The van der Waals surface area contributed by atoms with E-state index in [0.717, 1.165) is 17.2 Å². The third-order valence-electron chi connectivity index (χ3n) is 5.21. The number of hydrogen-bond acceptors (Lipinski definition) is 6. The van der Waals surface area contributed by atoms with E-state index in [9.17, 15) is 19.1 Å². The second-order valence-electron chi connectivity index (χ2n) is 7.50. The third kappa shape index (κ3) is 5.20. The number of halogens is 1. The lowest BCUT2D eigenvalue weighted by Gasteiger charge is -2.24. The Morgan fingerprint density at radius 3 is 2.50 bits per heavy atom. The zero-order chi connectivity index (χ0) is 24.1. The molecule has 8 nitrogen and oxygen atoms in total. The van der Waals surface area contributed by atoms with Crippen LogP contribution < -0.4 is 18.9 Å². The molecule has 176 valence electrons. The second kappa shape index (κ2) is 10.1. The van der Waals surface area contributed by atoms with Gasteiger partial charge < -0.3 is 29.0 Å². The molecule has 1 aliphatic rings. The summed E-state index contributed by atoms with van der Waals surface area (Å²) >= 11 is 0. The highest BCUT2D eigenvalue weighted by atomic mass is 19.1. The van der Waals surface area contributed by atoms with E-state index in [1.165, 1.54) is 17.0 Å². The van der Waals surface area contributed by atoms with Crippen molar-refractivity contribution < 1.29 is 38.0 Å². The van der Waals surface area contributed by atoms with Crippen molar-refractivity contribution in [2.45, 2.75) is 13.1 Å². The predicted molar refractivity (Wildman–Crippen MR) is 119 cm³/mol. The number of para-hydroxylation sites is 1. The van der Waals surface area contributed by atoms with Gasteiger partial charge in [-0.1, -0.05) is 24.3 Å². The zero-order valence-electron chi connectivity index (χ0n) is 18.3. The molecule has 9 heteroatoms. The van der Waals surface area contributed by atoms with Crippen molar-refractivity contribution in [3.05, 3.63) is 83.2 Å². The summed E-state index contributed by atoms with van der Waals surface area (Å²) in [6, 6.07) is 16.2. The number of benzene rings is 3. The highest BCUT2D eigenvalue weighted by Gasteiger charge is 2.21. The monoisotopic (exact) mass is 467 g/mol. The Bertz CT molecular complexity index is 1210. The lowest BCUT2D eigenvalue weighted by Crippen LogP contribution is -2.34. The van der Waals surface area contributed by atoms with Crippen LogP contribution in [0.5, 0.6) is 23.0 Å². The third-order valence-corrected chi connectivity index (χ3v) is 5.21. The molecule has 34 heavy (non-hydrogen) atoms. The van der Waals surface area contributed by atoms with Crippen LogP contribution in [0.2, 0.25) is 0 Å². The normalized spacial score (nSPS) is 11.7. The average molecular weight is 467 g/mol. The Balaban J connectivity index is 1.55. The highest BCUT2D eigenvalue weighted by molar-refractivity contribution is 5.91. The van der Waals surface area contributed by atoms with Gasteiger partial charge in [0.25, 0.3) is 5.91 Å². The number of carbonyl (C=O) groups is 2. The molecule has 0 saturated heterocycles. The van der Waals surface area contributed by atoms with Crippen LogP contribution in [0.1, 0.15) is 21.5 Å². The number of aromatic carboxylic acids is 1. The molecule has 0 radical (unpaired) electrons. The smallest absolute Gasteiger partial charge is 0.339 e. The Hall–Kier alpha value is -4.27. The van der Waals surface area contributed by atoms with E-state index in [-0.39, 0.29) is 25.4 Å². The first kappa shape index (κ1) is 22.9. The molecule has 0 spiro atoms. The maximum Gasteiger partial charge on any atom is 0.339 e. The highest BCUT2D eigenvalue weighted by Crippen LogP contribution is 2.33. The van der Waals surface area contributed by atoms with Crippen LogP contribution in [0.3, 0.4) is 0 Å². The summed E-state index contributed by atoms with van der Waals surface area (Å²) in [5.41, 5.74) is 1.24. The maximum absolute atomic E-state index is 14.2. The number of carbonyl (C=O) groups excluding carboxylic acids is 1. The van der Waals surface area contributed by atoms with Crippen LogP contribution >= 0.6 is 0 Å². The summed E-state index contributed by atoms with van der Waals surface area (Å²) in [5.74, 6) is -1.30. The summed E-state index contributed by atoms with van der Waals surface area (Å²) in [5, 5.41) is 9.30. The van der Waals surface area contributed by atoms with E-state index >= 15 is 0 Å². The summed E-state index contributed by atoms with van der Waals surface area (Å²) in [4.78, 5) is 26.1. The number of nitrogens with zero attached hydrogens (tertiary/aromatic N) is 1. The predicted octanol–water partition coefficient (Wildman–Crippen LogP) is 3.87. The van der Waals surface area contributed by atoms with Crippen molar-refractivity contribution in [3.8, 4) is 23.0 Å². The first-order valence-electron chi connectivity index (χ1n) is 10.4. The lowest BCUT2D eigenvalue weighted by atomic mass is 10.1. The van der Waals surface area contributed by atoms with Crippen molar-refractivity contribution in [2.75, 3.05) is 20.5 Å². The van der Waals surface area contributed by atoms with E-state index < -0.39 is 30.1 Å². The molecule has 0 fully saturated rings. The van der Waals surface area contributed by atoms with Crippen LogP contribution in [0, 0.1) is 5.82 Å². The molecule has 4 rings (SSSR count). The number of rotatable bonds is 9. The second-order valence-corrected chi connectivity index (χ2v) is 7.50. The van der Waals surface area contributed by atoms with Crippen molar-refractivity contribution in [2.24, 2.45) is 0 Å². The molecular formula is C25H22FNO7. The summed E-state index contributed by atoms with van der Waals surface area (Å²) < 4.78 is 35.6. The van der Waals surface area contributed by atoms with Gasteiger partial charge in [-0.2, -0.15) is 0 Å². The topological polar surface area (TPSA) is 94.5 Å². The van der Waals surface area contributed by atoms with Gasteiger partial charge in [-0.05, 0) is 47.5 Å². The summed E-state index contributed by atoms with van der Waals surface area (Å²) in [6.07, 6.45) is 0. The zero-order valence-corrected chi connectivity index (χ0v) is 18.3. The Morgan fingerprint density at radius 1 is 1.00 bits per heavy atom. The van der Waals surface area contributed by atoms with Gasteiger partial charge in [0, 0.05) is 13.1 Å². The minimum Gasteiger partial charge on any atom is -0.497 e. The van der Waals surface area contributed by atoms with Crippen LogP contribution in [-0.2, 0) is 17.9 Å². The van der Waals surface area contributed by atoms with Crippen molar-refractivity contribution in [1.82, 2.24) is 4.90 Å². The molecule has 3 aromatic rings. The van der Waals surface area contributed by atoms with Gasteiger partial charge in [-0.15, -0.1) is 0 Å². The Kier molecular flexibility index (Phi) is 6.82. The number of ether oxygens (including phenoxy) is 4. The Morgan fingerprint density at radius 2 is 1.74 bits per heavy atom. The molecule has 0 unspecified atom stereocenters. The van der Waals surface area contributed by atoms with Crippen LogP contribution in [0.25, 0.3) is 0 Å². The summed E-state index contributed by atoms with van der Waals surface area (Å²) in [6.45, 7) is 0.0133. The number of hydrogen-bond donors (Lipinski definition) is 1. The van der Waals surface area contributed by atoms with E-state index in [0.29, 0.717) is 17.2 Å². The molecule has 0 saturated carbocycles. The molecule has 1 N–H and O–H groups in total. The molecular weight excluding hydrogens is 445 g/mol. The van der Waals surface area contributed by atoms with Gasteiger partial charge in [0.2, 0.25) is 6.79 Å². The summed E-state index contributed by atoms with van der Waals surface area (Å²) in [7, 11) is 1.55. The largest absolute Gasteiger partial charge is 0.497 e. The number of carboxylic acid groups (broad SMARTS) is 1. The molecule has 3 aromatic carbocycles.